The van der Waals surface area contributed by atoms with Crippen molar-refractivity contribution in [2.75, 3.05) is 0 Å². The zero-order valence-corrected chi connectivity index (χ0v) is 12.8. The van der Waals surface area contributed by atoms with Crippen LogP contribution in [0.3, 0.4) is 0 Å². The fourth-order valence-corrected chi connectivity index (χ4v) is 1.80. The number of nitroso groups, excluding NO2 is 1. The molecule has 0 radical (unpaired) electrons. The van der Waals surface area contributed by atoms with E-state index in [9.17, 15) is 9.70 Å². The van der Waals surface area contributed by atoms with E-state index in [0.717, 1.165) is 15.6 Å². The minimum Gasteiger partial charge on any atom is -0.444 e. The Morgan fingerprint density at radius 2 is 2.11 bits per heavy atom. The largest absolute Gasteiger partial charge is 0.444 e. The lowest BCUT2D eigenvalue weighted by molar-refractivity contribution is 0.0523. The van der Waals surface area contributed by atoms with Crippen molar-refractivity contribution in [1.82, 2.24) is 5.32 Å². The number of rotatable bonds is 4. The van der Waals surface area contributed by atoms with Crippen molar-refractivity contribution < 1.29 is 9.53 Å². The normalized spacial score (nSPS) is 10.9. The number of benzene rings is 1. The van der Waals surface area contributed by atoms with E-state index in [1.54, 1.807) is 20.8 Å². The van der Waals surface area contributed by atoms with Crippen molar-refractivity contribution in [3.8, 4) is 0 Å². The zero-order chi connectivity index (χ0) is 14.5. The molecule has 0 heterocycles. The molecule has 0 aliphatic heterocycles. The number of hydrogen-bond donors (Lipinski definition) is 1. The molecule has 104 valence electrons. The van der Waals surface area contributed by atoms with E-state index in [0.29, 0.717) is 6.54 Å². The van der Waals surface area contributed by atoms with E-state index < -0.39 is 11.7 Å². The van der Waals surface area contributed by atoms with Crippen LogP contribution in [-0.2, 0) is 17.8 Å². The van der Waals surface area contributed by atoms with Crippen molar-refractivity contribution in [1.29, 1.82) is 0 Å². The van der Waals surface area contributed by atoms with Gasteiger partial charge in [-0.25, -0.2) is 4.79 Å². The highest BCUT2D eigenvalue weighted by molar-refractivity contribution is 9.10. The predicted octanol–water partition coefficient (Wildman–Crippen LogP) is 3.74. The van der Waals surface area contributed by atoms with Crippen LogP contribution in [0.5, 0.6) is 0 Å². The summed E-state index contributed by atoms with van der Waals surface area (Å²) in [6.07, 6.45) is -0.474. The second-order valence-corrected chi connectivity index (χ2v) is 5.92. The van der Waals surface area contributed by atoms with Gasteiger partial charge < -0.3 is 10.1 Å². The van der Waals surface area contributed by atoms with E-state index in [4.69, 9.17) is 4.74 Å². The second kappa shape index (κ2) is 6.65. The molecular formula is C13H17BrN2O3. The van der Waals surface area contributed by atoms with Crippen LogP contribution in [0.15, 0.2) is 27.8 Å². The molecule has 0 aliphatic rings. The number of amides is 1. The molecular weight excluding hydrogens is 312 g/mol. The molecule has 0 aliphatic carbocycles. The number of ether oxygens (including phenoxy) is 1. The Morgan fingerprint density at radius 1 is 1.42 bits per heavy atom. The number of carbonyl (C=O) groups is 1. The summed E-state index contributed by atoms with van der Waals surface area (Å²) >= 11 is 3.39. The minimum absolute atomic E-state index is 0.118. The summed E-state index contributed by atoms with van der Waals surface area (Å²) in [4.78, 5) is 21.8. The van der Waals surface area contributed by atoms with E-state index >= 15 is 0 Å². The molecule has 1 N–H and O–H groups in total. The Kier molecular flexibility index (Phi) is 5.47. The van der Waals surface area contributed by atoms with Crippen molar-refractivity contribution >= 4 is 22.0 Å². The molecule has 1 amide bonds. The Balaban J connectivity index is 2.64. The maximum atomic E-state index is 11.5. The molecule has 0 unspecified atom stereocenters. The van der Waals surface area contributed by atoms with Gasteiger partial charge in [0.05, 0.1) is 0 Å². The maximum Gasteiger partial charge on any atom is 0.407 e. The van der Waals surface area contributed by atoms with Crippen LogP contribution in [0.4, 0.5) is 4.79 Å². The lowest BCUT2D eigenvalue weighted by atomic mass is 10.1. The molecule has 1 rings (SSSR count). The van der Waals surface area contributed by atoms with Crippen LogP contribution >= 0.6 is 15.9 Å². The fraction of sp³-hybridized carbons (Fsp3) is 0.462. The van der Waals surface area contributed by atoms with Gasteiger partial charge in [0, 0.05) is 11.0 Å². The zero-order valence-electron chi connectivity index (χ0n) is 11.2. The molecule has 0 spiro atoms. The number of nitrogens with one attached hydrogen (secondary N) is 1. The molecule has 1 aromatic carbocycles. The van der Waals surface area contributed by atoms with Crippen LogP contribution in [0.2, 0.25) is 0 Å². The summed E-state index contributed by atoms with van der Waals surface area (Å²) in [5.74, 6) is 0. The third kappa shape index (κ3) is 5.83. The number of halogens is 1. The van der Waals surface area contributed by atoms with Gasteiger partial charge in [-0.3, -0.25) is 0 Å². The Morgan fingerprint density at radius 3 is 2.68 bits per heavy atom. The number of alkyl carbamates (subject to hydrolysis) is 1. The molecule has 0 saturated carbocycles. The lowest BCUT2D eigenvalue weighted by Crippen LogP contribution is -2.32. The first-order valence-corrected chi connectivity index (χ1v) is 6.64. The van der Waals surface area contributed by atoms with Gasteiger partial charge in [-0.05, 0) is 38.0 Å². The smallest absolute Gasteiger partial charge is 0.407 e. The highest BCUT2D eigenvalue weighted by Gasteiger charge is 2.16. The summed E-state index contributed by atoms with van der Waals surface area (Å²) in [6.45, 7) is 5.85. The second-order valence-electron chi connectivity index (χ2n) is 5.07. The summed E-state index contributed by atoms with van der Waals surface area (Å²) in [5.41, 5.74) is 1.15. The van der Waals surface area contributed by atoms with Gasteiger partial charge in [0.1, 0.15) is 12.1 Å². The van der Waals surface area contributed by atoms with Gasteiger partial charge in [0.25, 0.3) is 0 Å². The van der Waals surface area contributed by atoms with Gasteiger partial charge in [-0.2, -0.15) is 4.91 Å². The van der Waals surface area contributed by atoms with Crippen LogP contribution in [-0.4, -0.2) is 11.7 Å². The highest BCUT2D eigenvalue weighted by atomic mass is 79.9. The Bertz CT molecular complexity index is 469. The Labute approximate surface area is 120 Å². The average Bonchev–Trinajstić information content (AvgIpc) is 2.28. The number of carbonyl (C=O) groups excluding carboxylic acids is 1. The SMILES string of the molecule is CC(C)(C)OC(=O)NCc1cc(CN=O)ccc1Br. The average molecular weight is 329 g/mol. The summed E-state index contributed by atoms with van der Waals surface area (Å²) < 4.78 is 6.00. The number of nitrogens with zero attached hydrogens (tertiary/aromatic N) is 1. The van der Waals surface area contributed by atoms with E-state index in [1.165, 1.54) is 0 Å². The molecule has 6 heteroatoms. The molecule has 5 nitrogen and oxygen atoms in total. The predicted molar refractivity (Wildman–Crippen MR) is 76.7 cm³/mol. The molecule has 0 saturated heterocycles. The molecule has 1 aromatic rings. The van der Waals surface area contributed by atoms with Gasteiger partial charge in [-0.15, -0.1) is 0 Å². The lowest BCUT2D eigenvalue weighted by Gasteiger charge is -2.19. The van der Waals surface area contributed by atoms with Crippen LogP contribution < -0.4 is 5.32 Å². The quantitative estimate of drug-likeness (QED) is 0.856. The van der Waals surface area contributed by atoms with Crippen molar-refractivity contribution in [3.63, 3.8) is 0 Å². The minimum atomic E-state index is -0.523. The van der Waals surface area contributed by atoms with E-state index in [2.05, 4.69) is 26.4 Å². The van der Waals surface area contributed by atoms with Gasteiger partial charge in [0.15, 0.2) is 0 Å². The molecule has 0 aromatic heterocycles. The van der Waals surface area contributed by atoms with E-state index in [1.807, 2.05) is 18.2 Å². The first-order chi connectivity index (χ1) is 8.81. The van der Waals surface area contributed by atoms with Gasteiger partial charge in [-0.1, -0.05) is 33.2 Å². The molecule has 0 fully saturated rings. The van der Waals surface area contributed by atoms with E-state index in [-0.39, 0.29) is 6.54 Å². The standard InChI is InChI=1S/C13H17BrN2O3/c1-13(2,3)19-12(17)15-8-10-6-9(7-16-18)4-5-11(10)14/h4-6H,7-8H2,1-3H3,(H,15,17). The monoisotopic (exact) mass is 328 g/mol. The van der Waals surface area contributed by atoms with Crippen LogP contribution in [0.1, 0.15) is 31.9 Å². The number of hydrogen-bond acceptors (Lipinski definition) is 4. The molecule has 0 bridgehead atoms. The van der Waals surface area contributed by atoms with Crippen LogP contribution in [0.25, 0.3) is 0 Å². The summed E-state index contributed by atoms with van der Waals surface area (Å²) in [7, 11) is 0. The first-order valence-electron chi connectivity index (χ1n) is 5.85. The van der Waals surface area contributed by atoms with Crippen molar-refractivity contribution in [2.24, 2.45) is 5.18 Å². The van der Waals surface area contributed by atoms with Gasteiger partial charge >= 0.3 is 6.09 Å². The first kappa shape index (κ1) is 15.6. The summed E-state index contributed by atoms with van der Waals surface area (Å²) in [6, 6.07) is 5.46. The summed E-state index contributed by atoms with van der Waals surface area (Å²) in [5, 5.41) is 5.51. The fourth-order valence-electron chi connectivity index (χ4n) is 1.42. The van der Waals surface area contributed by atoms with Crippen molar-refractivity contribution in [3.05, 3.63) is 38.7 Å². The molecule has 0 atom stereocenters. The third-order valence-corrected chi connectivity index (χ3v) is 2.95. The van der Waals surface area contributed by atoms with Gasteiger partial charge in [0.2, 0.25) is 0 Å². The molecule has 19 heavy (non-hydrogen) atoms. The van der Waals surface area contributed by atoms with Crippen LogP contribution in [0, 0.1) is 4.91 Å². The van der Waals surface area contributed by atoms with Crippen molar-refractivity contribution in [2.45, 2.75) is 39.5 Å². The third-order valence-electron chi connectivity index (χ3n) is 2.18. The Hall–Kier alpha value is -1.43. The highest BCUT2D eigenvalue weighted by Crippen LogP contribution is 2.19. The maximum absolute atomic E-state index is 11.5. The topological polar surface area (TPSA) is 67.8 Å².